The molecule has 0 aromatic rings. The van der Waals surface area contributed by atoms with E-state index in [9.17, 15) is 5.11 Å². The molecule has 1 fully saturated rings. The SMILES string of the molecule is CCCOCCC1(CO)CCCOC1. The Morgan fingerprint density at radius 3 is 2.86 bits per heavy atom. The molecule has 14 heavy (non-hydrogen) atoms. The maximum Gasteiger partial charge on any atom is 0.0545 e. The van der Waals surface area contributed by atoms with Gasteiger partial charge in [0.05, 0.1) is 13.2 Å². The molecule has 0 aromatic carbocycles. The Morgan fingerprint density at radius 2 is 2.29 bits per heavy atom. The summed E-state index contributed by atoms with van der Waals surface area (Å²) in [4.78, 5) is 0. The number of hydrogen-bond acceptors (Lipinski definition) is 3. The van der Waals surface area contributed by atoms with Crippen LogP contribution in [0.25, 0.3) is 0 Å². The third-order valence-electron chi connectivity index (χ3n) is 2.86. The highest BCUT2D eigenvalue weighted by molar-refractivity contribution is 4.80. The van der Waals surface area contributed by atoms with Gasteiger partial charge in [0.25, 0.3) is 0 Å². The van der Waals surface area contributed by atoms with Crippen LogP contribution < -0.4 is 0 Å². The van der Waals surface area contributed by atoms with Gasteiger partial charge in [0.15, 0.2) is 0 Å². The van der Waals surface area contributed by atoms with E-state index in [1.807, 2.05) is 0 Å². The number of ether oxygens (including phenoxy) is 2. The van der Waals surface area contributed by atoms with Crippen LogP contribution >= 0.6 is 0 Å². The summed E-state index contributed by atoms with van der Waals surface area (Å²) < 4.78 is 10.9. The first-order chi connectivity index (χ1) is 6.83. The van der Waals surface area contributed by atoms with E-state index in [-0.39, 0.29) is 12.0 Å². The first-order valence-corrected chi connectivity index (χ1v) is 5.59. The maximum absolute atomic E-state index is 9.36. The van der Waals surface area contributed by atoms with Crippen LogP contribution in [0.5, 0.6) is 0 Å². The Hall–Kier alpha value is -0.120. The molecule has 0 bridgehead atoms. The minimum absolute atomic E-state index is 0.0218. The van der Waals surface area contributed by atoms with Crippen molar-refractivity contribution in [2.45, 2.75) is 32.6 Å². The molecule has 3 heteroatoms. The molecule has 1 heterocycles. The zero-order chi connectivity index (χ0) is 10.3. The van der Waals surface area contributed by atoms with Crippen LogP contribution in [0, 0.1) is 5.41 Å². The van der Waals surface area contributed by atoms with Crippen molar-refractivity contribution in [1.29, 1.82) is 0 Å². The zero-order valence-electron chi connectivity index (χ0n) is 9.13. The second-order valence-electron chi connectivity index (χ2n) is 4.18. The summed E-state index contributed by atoms with van der Waals surface area (Å²) in [5.74, 6) is 0. The van der Waals surface area contributed by atoms with Crippen LogP contribution in [-0.2, 0) is 9.47 Å². The number of aliphatic hydroxyl groups excluding tert-OH is 1. The molecule has 0 saturated carbocycles. The Balaban J connectivity index is 2.22. The summed E-state index contributed by atoms with van der Waals surface area (Å²) in [6, 6.07) is 0. The molecule has 0 radical (unpaired) electrons. The Bertz CT molecular complexity index is 141. The van der Waals surface area contributed by atoms with Crippen LogP contribution in [0.3, 0.4) is 0 Å². The number of hydrogen-bond donors (Lipinski definition) is 1. The Kier molecular flexibility index (Phi) is 5.45. The van der Waals surface area contributed by atoms with E-state index in [0.29, 0.717) is 6.61 Å². The van der Waals surface area contributed by atoms with Crippen molar-refractivity contribution in [3.8, 4) is 0 Å². The van der Waals surface area contributed by atoms with Gasteiger partial charge in [-0.05, 0) is 25.7 Å². The van der Waals surface area contributed by atoms with E-state index in [1.54, 1.807) is 0 Å². The lowest BCUT2D eigenvalue weighted by Crippen LogP contribution is -2.36. The molecule has 0 aromatic heterocycles. The van der Waals surface area contributed by atoms with Gasteiger partial charge in [-0.3, -0.25) is 0 Å². The molecule has 1 atom stereocenters. The van der Waals surface area contributed by atoms with Crippen LogP contribution in [0.4, 0.5) is 0 Å². The van der Waals surface area contributed by atoms with Crippen molar-refractivity contribution in [3.63, 3.8) is 0 Å². The van der Waals surface area contributed by atoms with Gasteiger partial charge in [-0.15, -0.1) is 0 Å². The molecular formula is C11H22O3. The smallest absolute Gasteiger partial charge is 0.0545 e. The third kappa shape index (κ3) is 3.56. The van der Waals surface area contributed by atoms with Gasteiger partial charge in [0.2, 0.25) is 0 Å². The molecular weight excluding hydrogens is 180 g/mol. The summed E-state index contributed by atoms with van der Waals surface area (Å²) in [6.07, 6.45) is 4.11. The fourth-order valence-corrected chi connectivity index (χ4v) is 1.85. The molecule has 84 valence electrons. The van der Waals surface area contributed by atoms with Crippen LogP contribution in [0.15, 0.2) is 0 Å². The fourth-order valence-electron chi connectivity index (χ4n) is 1.85. The Labute approximate surface area is 86.4 Å². The summed E-state index contributed by atoms with van der Waals surface area (Å²) >= 11 is 0. The van der Waals surface area contributed by atoms with Crippen molar-refractivity contribution in [3.05, 3.63) is 0 Å². The molecule has 3 nitrogen and oxygen atoms in total. The van der Waals surface area contributed by atoms with E-state index in [0.717, 1.165) is 45.5 Å². The van der Waals surface area contributed by atoms with Gasteiger partial charge < -0.3 is 14.6 Å². The molecule has 1 unspecified atom stereocenters. The van der Waals surface area contributed by atoms with Crippen LogP contribution in [-0.4, -0.2) is 38.1 Å². The highest BCUT2D eigenvalue weighted by Crippen LogP contribution is 2.31. The van der Waals surface area contributed by atoms with Crippen molar-refractivity contribution < 1.29 is 14.6 Å². The average Bonchev–Trinajstić information content (AvgIpc) is 2.26. The predicted octanol–water partition coefficient (Wildman–Crippen LogP) is 1.59. The molecule has 0 spiro atoms. The predicted molar refractivity (Wildman–Crippen MR) is 55.3 cm³/mol. The van der Waals surface area contributed by atoms with Gasteiger partial charge in [0, 0.05) is 25.2 Å². The molecule has 0 aliphatic carbocycles. The van der Waals surface area contributed by atoms with Gasteiger partial charge >= 0.3 is 0 Å². The van der Waals surface area contributed by atoms with Crippen molar-refractivity contribution in [2.75, 3.05) is 33.0 Å². The second kappa shape index (κ2) is 6.38. The summed E-state index contributed by atoms with van der Waals surface area (Å²) in [6.45, 7) is 5.44. The monoisotopic (exact) mass is 202 g/mol. The lowest BCUT2D eigenvalue weighted by Gasteiger charge is -2.35. The minimum Gasteiger partial charge on any atom is -0.396 e. The summed E-state index contributed by atoms with van der Waals surface area (Å²) in [7, 11) is 0. The highest BCUT2D eigenvalue weighted by Gasteiger charge is 2.31. The molecule has 1 aliphatic heterocycles. The van der Waals surface area contributed by atoms with Crippen molar-refractivity contribution in [1.82, 2.24) is 0 Å². The maximum atomic E-state index is 9.36. The quantitative estimate of drug-likeness (QED) is 0.665. The lowest BCUT2D eigenvalue weighted by molar-refractivity contribution is -0.0553. The van der Waals surface area contributed by atoms with Crippen LogP contribution in [0.2, 0.25) is 0 Å². The topological polar surface area (TPSA) is 38.7 Å². The fraction of sp³-hybridized carbons (Fsp3) is 1.00. The van der Waals surface area contributed by atoms with E-state index >= 15 is 0 Å². The van der Waals surface area contributed by atoms with Gasteiger partial charge in [-0.25, -0.2) is 0 Å². The average molecular weight is 202 g/mol. The number of aliphatic hydroxyl groups is 1. The third-order valence-corrected chi connectivity index (χ3v) is 2.86. The van der Waals surface area contributed by atoms with Crippen molar-refractivity contribution in [2.24, 2.45) is 5.41 Å². The van der Waals surface area contributed by atoms with E-state index in [1.165, 1.54) is 0 Å². The van der Waals surface area contributed by atoms with E-state index in [4.69, 9.17) is 9.47 Å². The van der Waals surface area contributed by atoms with Crippen molar-refractivity contribution >= 4 is 0 Å². The lowest BCUT2D eigenvalue weighted by atomic mass is 9.80. The highest BCUT2D eigenvalue weighted by atomic mass is 16.5. The Morgan fingerprint density at radius 1 is 1.43 bits per heavy atom. The minimum atomic E-state index is -0.0218. The first kappa shape index (κ1) is 12.0. The number of rotatable bonds is 6. The van der Waals surface area contributed by atoms with E-state index in [2.05, 4.69) is 6.92 Å². The normalized spacial score (nSPS) is 27.9. The zero-order valence-corrected chi connectivity index (χ0v) is 9.13. The van der Waals surface area contributed by atoms with Gasteiger partial charge in [-0.1, -0.05) is 6.92 Å². The summed E-state index contributed by atoms with van der Waals surface area (Å²) in [5, 5.41) is 9.36. The largest absolute Gasteiger partial charge is 0.396 e. The molecule has 1 rings (SSSR count). The van der Waals surface area contributed by atoms with Crippen LogP contribution in [0.1, 0.15) is 32.6 Å². The molecule has 1 N–H and O–H groups in total. The summed E-state index contributed by atoms with van der Waals surface area (Å²) in [5.41, 5.74) is -0.0218. The molecule has 1 aliphatic rings. The van der Waals surface area contributed by atoms with Gasteiger partial charge in [-0.2, -0.15) is 0 Å². The van der Waals surface area contributed by atoms with E-state index < -0.39 is 0 Å². The second-order valence-corrected chi connectivity index (χ2v) is 4.18. The standard InChI is InChI=1S/C11H22O3/c1-2-6-13-8-5-11(9-12)4-3-7-14-10-11/h12H,2-10H2,1H3. The first-order valence-electron chi connectivity index (χ1n) is 5.59. The molecule has 1 saturated heterocycles. The molecule has 0 amide bonds. The van der Waals surface area contributed by atoms with Gasteiger partial charge in [0.1, 0.15) is 0 Å².